The highest BCUT2D eigenvalue weighted by molar-refractivity contribution is 7.91. The predicted octanol–water partition coefficient (Wildman–Crippen LogP) is 5.81. The molecule has 5 rings (SSSR count). The number of alkyl carbamates (subject to hydrolysis) is 1. The lowest BCUT2D eigenvalue weighted by Gasteiger charge is -2.32. The van der Waals surface area contributed by atoms with Crippen LogP contribution in [-0.4, -0.2) is 96.4 Å². The van der Waals surface area contributed by atoms with Crippen molar-refractivity contribution in [2.75, 3.05) is 20.8 Å². The Labute approximate surface area is 360 Å². The maximum Gasteiger partial charge on any atom is 0.438 e. The summed E-state index contributed by atoms with van der Waals surface area (Å²) in [6, 6.07) is 0.274. The topological polar surface area (TPSA) is 218 Å². The molecule has 1 aliphatic heterocycles. The Kier molecular flexibility index (Phi) is 14.6. The van der Waals surface area contributed by atoms with Gasteiger partial charge in [0.05, 0.1) is 36.5 Å². The van der Waals surface area contributed by atoms with Crippen LogP contribution in [0.15, 0.2) is 24.3 Å². The number of sulfonamides is 1. The van der Waals surface area contributed by atoms with E-state index in [2.05, 4.69) is 20.0 Å². The summed E-state index contributed by atoms with van der Waals surface area (Å²) in [4.78, 5) is 62.4. The van der Waals surface area contributed by atoms with Crippen molar-refractivity contribution in [3.8, 4) is 17.4 Å². The van der Waals surface area contributed by atoms with E-state index in [0.29, 0.717) is 38.5 Å². The Bertz CT molecular complexity index is 2140. The second-order valence-corrected chi connectivity index (χ2v) is 20.2. The number of nitrogens with two attached hydrogens (primary N) is 1. The number of alkyl halides is 3. The molecule has 16 nitrogen and oxygen atoms in total. The Hall–Kier alpha value is -4.88. The van der Waals surface area contributed by atoms with Crippen molar-refractivity contribution < 1.29 is 59.7 Å². The molecule has 1 aromatic carbocycles. The molecule has 2 saturated carbocycles. The summed E-state index contributed by atoms with van der Waals surface area (Å²) in [6.45, 7) is 10.4. The number of likely N-dealkylation sites (tertiary alicyclic amines) is 1. The zero-order valence-corrected chi connectivity index (χ0v) is 37.3. The van der Waals surface area contributed by atoms with Crippen molar-refractivity contribution in [3.63, 3.8) is 0 Å². The third-order valence-electron chi connectivity index (χ3n) is 11.8. The van der Waals surface area contributed by atoms with Gasteiger partial charge in [0.25, 0.3) is 0 Å². The molecule has 3 fully saturated rings. The van der Waals surface area contributed by atoms with Crippen LogP contribution < -0.4 is 30.0 Å². The number of hydrogen-bond acceptors (Lipinski definition) is 12. The number of aromatic nitrogens is 2. The number of methoxy groups -OCH3 is 2. The van der Waals surface area contributed by atoms with Crippen molar-refractivity contribution in [1.29, 1.82) is 0 Å². The van der Waals surface area contributed by atoms with Gasteiger partial charge in [-0.05, 0) is 90.4 Å². The first-order chi connectivity index (χ1) is 28.9. The maximum atomic E-state index is 14.5. The van der Waals surface area contributed by atoms with Gasteiger partial charge in [-0.3, -0.25) is 19.1 Å². The van der Waals surface area contributed by atoms with Crippen LogP contribution in [0.1, 0.15) is 105 Å². The fourth-order valence-electron chi connectivity index (χ4n) is 8.12. The van der Waals surface area contributed by atoms with Gasteiger partial charge < -0.3 is 34.9 Å². The average Bonchev–Trinajstić information content (AvgIpc) is 3.55. The monoisotopic (exact) mass is 896 g/mol. The van der Waals surface area contributed by atoms with Gasteiger partial charge in [0, 0.05) is 24.5 Å². The molecule has 2 aromatic rings. The number of carbonyl (C=O) groups excluding carboxylic acids is 4. The third kappa shape index (κ3) is 11.6. The lowest BCUT2D eigenvalue weighted by atomic mass is 9.87. The summed E-state index contributed by atoms with van der Waals surface area (Å²) < 4.78 is 89.7. The smallest absolute Gasteiger partial charge is 0.438 e. The molecule has 2 heterocycles. The molecule has 7 atom stereocenters. The van der Waals surface area contributed by atoms with E-state index in [4.69, 9.17) is 24.7 Å². The zero-order valence-electron chi connectivity index (χ0n) is 36.5. The number of benzene rings is 1. The number of ether oxygens (including phenoxy) is 4. The molecule has 20 heteroatoms. The van der Waals surface area contributed by atoms with Crippen LogP contribution in [-0.2, 0) is 35.3 Å². The van der Waals surface area contributed by atoms with Crippen molar-refractivity contribution in [1.82, 2.24) is 24.9 Å². The number of fused-ring (bicyclic) bond motifs is 1. The molecule has 2 aliphatic carbocycles. The molecule has 0 bridgehead atoms. The summed E-state index contributed by atoms with van der Waals surface area (Å²) in [7, 11) is -1.40. The van der Waals surface area contributed by atoms with Gasteiger partial charge >= 0.3 is 12.3 Å². The molecule has 1 saturated heterocycles. The number of hydrogen-bond donors (Lipinski definition) is 3. The lowest BCUT2D eigenvalue weighted by molar-refractivity contribution is -0.142. The number of nitrogens with zero attached hydrogens (tertiary/aromatic N) is 3. The SMILES string of the molecule is COc1cc2nc(C(F)(F)F)c(OC)nc2cc1O[C@@H]1C[C@@H](C(N)=O)N(C(=O)[C@@H](NC(=O)OC(C)(C)C)[C@H](C)C[C@@H](C)CC/C=C\[C@@H]2CCCC2C(=O)NS(=O)(=O)C2(C)CC2)C1. The summed E-state index contributed by atoms with van der Waals surface area (Å²) in [5, 5.41) is 2.73. The van der Waals surface area contributed by atoms with Crippen molar-refractivity contribution in [2.45, 2.75) is 134 Å². The fraction of sp³-hybridized carbons (Fsp3) is 0.667. The first-order valence-electron chi connectivity index (χ1n) is 20.9. The van der Waals surface area contributed by atoms with Gasteiger partial charge in [-0.25, -0.2) is 23.2 Å². The normalized spacial score (nSPS) is 22.8. The van der Waals surface area contributed by atoms with Crippen molar-refractivity contribution in [3.05, 3.63) is 30.0 Å². The van der Waals surface area contributed by atoms with Crippen LogP contribution in [0.2, 0.25) is 0 Å². The Morgan fingerprint density at radius 1 is 1.03 bits per heavy atom. The van der Waals surface area contributed by atoms with Gasteiger partial charge in [0.2, 0.25) is 39.3 Å². The van der Waals surface area contributed by atoms with Crippen LogP contribution in [0.25, 0.3) is 11.0 Å². The summed E-state index contributed by atoms with van der Waals surface area (Å²) >= 11 is 0. The van der Waals surface area contributed by atoms with E-state index in [9.17, 15) is 40.8 Å². The van der Waals surface area contributed by atoms with Gasteiger partial charge in [-0.2, -0.15) is 13.2 Å². The molecular weight excluding hydrogens is 838 g/mol. The molecule has 62 heavy (non-hydrogen) atoms. The average molecular weight is 897 g/mol. The highest BCUT2D eigenvalue weighted by Gasteiger charge is 2.51. The number of primary amides is 1. The zero-order chi connectivity index (χ0) is 45.9. The number of halogens is 3. The van der Waals surface area contributed by atoms with Crippen LogP contribution >= 0.6 is 0 Å². The van der Waals surface area contributed by atoms with Crippen LogP contribution in [0.3, 0.4) is 0 Å². The fourth-order valence-corrected chi connectivity index (χ4v) is 9.43. The summed E-state index contributed by atoms with van der Waals surface area (Å²) in [5.74, 6) is -3.43. The van der Waals surface area contributed by atoms with E-state index in [1.54, 1.807) is 27.7 Å². The third-order valence-corrected chi connectivity index (χ3v) is 14.0. The molecule has 1 unspecified atom stereocenters. The van der Waals surface area contributed by atoms with E-state index >= 15 is 0 Å². The van der Waals surface area contributed by atoms with Crippen molar-refractivity contribution >= 4 is 44.9 Å². The van der Waals surface area contributed by atoms with E-state index in [1.807, 2.05) is 26.0 Å². The van der Waals surface area contributed by atoms with Crippen LogP contribution in [0.5, 0.6) is 17.4 Å². The Balaban J connectivity index is 1.27. The largest absolute Gasteiger partial charge is 0.493 e. The first kappa shape index (κ1) is 48.2. The van der Waals surface area contributed by atoms with E-state index in [1.165, 1.54) is 24.1 Å². The second kappa shape index (κ2) is 18.8. The molecule has 1 aromatic heterocycles. The minimum Gasteiger partial charge on any atom is -0.493 e. The maximum absolute atomic E-state index is 14.5. The number of carbonyl (C=O) groups is 4. The number of nitrogens with one attached hydrogen (secondary N) is 2. The first-order valence-corrected chi connectivity index (χ1v) is 22.3. The predicted molar refractivity (Wildman–Crippen MR) is 221 cm³/mol. The quantitative estimate of drug-likeness (QED) is 0.160. The minimum absolute atomic E-state index is 0.00416. The number of allylic oxidation sites excluding steroid dienone is 2. The molecular formula is C42H59F3N6O10S. The molecule has 4 amide bonds. The molecule has 3 aliphatic rings. The van der Waals surface area contributed by atoms with E-state index < -0.39 is 92.0 Å². The Morgan fingerprint density at radius 2 is 1.69 bits per heavy atom. The van der Waals surface area contributed by atoms with Gasteiger partial charge in [-0.1, -0.05) is 32.4 Å². The second-order valence-electron chi connectivity index (χ2n) is 18.0. The molecule has 0 spiro atoms. The van der Waals surface area contributed by atoms with Gasteiger partial charge in [-0.15, -0.1) is 0 Å². The number of rotatable bonds is 17. The van der Waals surface area contributed by atoms with Gasteiger partial charge in [0.1, 0.15) is 23.8 Å². The van der Waals surface area contributed by atoms with Crippen molar-refractivity contribution in [2.24, 2.45) is 29.4 Å². The Morgan fingerprint density at radius 3 is 2.29 bits per heavy atom. The standard InChI is InChI=1S/C42H59F3N6O10S/c1-23(12-9-10-13-25-14-11-15-27(25)36(53)50-62(56,57)41(6)16-17-41)18-24(2)33(49-39(55)61-40(3,4)5)38(54)51-22-26(19-30(51)35(46)52)60-32-21-29-28(20-31(32)58-7)47-34(42(43,44)45)37(48-29)59-8/h10,13,20-21,23-27,30,33H,9,11-12,14-19,22H2,1-8H3,(H2,46,52)(H,49,55)(H,50,53)/b13-10-/t23-,24+,25+,26+,27?,30-,33-/m0/s1. The summed E-state index contributed by atoms with van der Waals surface area (Å²) in [6.07, 6.45) is 2.56. The molecule has 344 valence electrons. The van der Waals surface area contributed by atoms with Crippen LogP contribution in [0.4, 0.5) is 18.0 Å². The molecule has 0 radical (unpaired) electrons. The summed E-state index contributed by atoms with van der Waals surface area (Å²) in [5.41, 5.74) is 3.48. The van der Waals surface area contributed by atoms with E-state index in [0.717, 1.165) is 20.0 Å². The van der Waals surface area contributed by atoms with Crippen LogP contribution in [0, 0.1) is 23.7 Å². The van der Waals surface area contributed by atoms with E-state index in [-0.39, 0.29) is 47.3 Å². The minimum atomic E-state index is -4.84. The highest BCUT2D eigenvalue weighted by Crippen LogP contribution is 2.43. The van der Waals surface area contributed by atoms with Gasteiger partial charge in [0.15, 0.2) is 11.5 Å². The highest BCUT2D eigenvalue weighted by atomic mass is 32.2. The molecule has 4 N–H and O–H groups in total. The lowest BCUT2D eigenvalue weighted by Crippen LogP contribution is -2.56. The number of amides is 4.